The molecule has 0 spiro atoms. The minimum absolute atomic E-state index is 0.159. The summed E-state index contributed by atoms with van der Waals surface area (Å²) in [5.41, 5.74) is 4.51. The van der Waals surface area contributed by atoms with Gasteiger partial charge in [-0.3, -0.25) is 4.79 Å². The zero-order valence-corrected chi connectivity index (χ0v) is 16.1. The van der Waals surface area contributed by atoms with Crippen LogP contribution in [0.4, 0.5) is 11.4 Å². The smallest absolute Gasteiger partial charge is 0.280 e. The Kier molecular flexibility index (Phi) is 3.91. The highest BCUT2D eigenvalue weighted by Crippen LogP contribution is 2.30. The van der Waals surface area contributed by atoms with E-state index in [0.29, 0.717) is 17.0 Å². The van der Waals surface area contributed by atoms with Crippen LogP contribution in [0.3, 0.4) is 0 Å². The molecule has 138 valence electrons. The van der Waals surface area contributed by atoms with E-state index in [1.165, 1.54) is 0 Å². The van der Waals surface area contributed by atoms with E-state index in [4.69, 9.17) is 4.42 Å². The normalized spacial score (nSPS) is 11.3. The van der Waals surface area contributed by atoms with E-state index < -0.39 is 0 Å². The maximum atomic E-state index is 12.8. The Labute approximate surface area is 157 Å². The number of aryl methyl sites for hydroxylation is 1. The molecule has 0 saturated heterocycles. The first-order valence-electron chi connectivity index (χ1n) is 8.75. The first-order chi connectivity index (χ1) is 12.9. The van der Waals surface area contributed by atoms with Gasteiger partial charge in [0.25, 0.3) is 5.56 Å². The predicted molar refractivity (Wildman–Crippen MR) is 111 cm³/mol. The number of rotatable bonds is 3. The number of anilines is 2. The summed E-state index contributed by atoms with van der Waals surface area (Å²) >= 11 is 0. The number of hydrogen-bond donors (Lipinski definition) is 0. The molecule has 0 aliphatic heterocycles. The summed E-state index contributed by atoms with van der Waals surface area (Å²) in [5.74, 6) is 0.455. The average molecular weight is 362 g/mol. The summed E-state index contributed by atoms with van der Waals surface area (Å²) in [6.45, 7) is 0. The summed E-state index contributed by atoms with van der Waals surface area (Å²) in [6, 6.07) is 13.9. The number of oxazole rings is 1. The Morgan fingerprint density at radius 1 is 0.926 bits per heavy atom. The third kappa shape index (κ3) is 2.73. The lowest BCUT2D eigenvalue weighted by atomic mass is 10.1. The highest BCUT2D eigenvalue weighted by Gasteiger charge is 2.17. The zero-order chi connectivity index (χ0) is 19.3. The Balaban J connectivity index is 1.95. The van der Waals surface area contributed by atoms with E-state index >= 15 is 0 Å². The van der Waals surface area contributed by atoms with E-state index in [1.807, 2.05) is 80.5 Å². The number of aromatic nitrogens is 2. The van der Waals surface area contributed by atoms with Crippen molar-refractivity contribution in [2.45, 2.75) is 0 Å². The Hall–Kier alpha value is -3.28. The van der Waals surface area contributed by atoms with E-state index in [9.17, 15) is 4.79 Å². The molecule has 2 aromatic heterocycles. The molecular formula is C21H22N4O2. The van der Waals surface area contributed by atoms with Crippen LogP contribution in [0.2, 0.25) is 0 Å². The lowest BCUT2D eigenvalue weighted by molar-refractivity contribution is 0.622. The Bertz CT molecular complexity index is 1200. The van der Waals surface area contributed by atoms with E-state index in [-0.39, 0.29) is 5.56 Å². The van der Waals surface area contributed by atoms with Crippen molar-refractivity contribution >= 4 is 33.4 Å². The SMILES string of the molecule is CN(C)c1ccc(-c2nc3c(=O)n(C)c4cc(N(C)C)ccc4c3o2)cc1. The fourth-order valence-electron chi connectivity index (χ4n) is 3.21. The molecule has 0 aliphatic rings. The maximum absolute atomic E-state index is 12.8. The lowest BCUT2D eigenvalue weighted by Crippen LogP contribution is -2.18. The summed E-state index contributed by atoms with van der Waals surface area (Å²) in [6.07, 6.45) is 0. The van der Waals surface area contributed by atoms with Gasteiger partial charge in [0.15, 0.2) is 11.1 Å². The van der Waals surface area contributed by atoms with Gasteiger partial charge >= 0.3 is 0 Å². The van der Waals surface area contributed by atoms with Crippen molar-refractivity contribution in [3.05, 3.63) is 52.8 Å². The molecule has 4 aromatic rings. The molecule has 0 bridgehead atoms. The molecule has 2 heterocycles. The second-order valence-corrected chi connectivity index (χ2v) is 7.10. The molecule has 0 radical (unpaired) electrons. The van der Waals surface area contributed by atoms with Crippen molar-refractivity contribution in [2.24, 2.45) is 7.05 Å². The van der Waals surface area contributed by atoms with Crippen LogP contribution in [-0.2, 0) is 7.05 Å². The molecule has 6 heteroatoms. The molecule has 6 nitrogen and oxygen atoms in total. The molecule has 0 atom stereocenters. The molecular weight excluding hydrogens is 340 g/mol. The maximum Gasteiger partial charge on any atom is 0.280 e. The van der Waals surface area contributed by atoms with Crippen LogP contribution in [0, 0.1) is 0 Å². The predicted octanol–water partition coefficient (Wildman–Crippen LogP) is 3.48. The van der Waals surface area contributed by atoms with Gasteiger partial charge in [0.2, 0.25) is 5.89 Å². The third-order valence-electron chi connectivity index (χ3n) is 4.87. The highest BCUT2D eigenvalue weighted by molar-refractivity contribution is 6.02. The molecule has 4 rings (SSSR count). The number of pyridine rings is 1. The van der Waals surface area contributed by atoms with Gasteiger partial charge in [0.1, 0.15) is 0 Å². The van der Waals surface area contributed by atoms with E-state index in [2.05, 4.69) is 4.98 Å². The summed E-state index contributed by atoms with van der Waals surface area (Å²) in [7, 11) is 9.70. The van der Waals surface area contributed by atoms with Crippen molar-refractivity contribution in [3.63, 3.8) is 0 Å². The standard InChI is InChI=1S/C21H22N4O2/c1-23(2)14-8-6-13(7-9-14)20-22-18-19(27-20)16-11-10-15(24(3)4)12-17(16)25(5)21(18)26/h6-12H,1-5H3. The van der Waals surface area contributed by atoms with Crippen molar-refractivity contribution in [1.82, 2.24) is 9.55 Å². The van der Waals surface area contributed by atoms with Crippen LogP contribution in [0.25, 0.3) is 33.5 Å². The van der Waals surface area contributed by atoms with Gasteiger partial charge in [-0.25, -0.2) is 4.98 Å². The number of nitrogens with zero attached hydrogens (tertiary/aromatic N) is 4. The first-order valence-corrected chi connectivity index (χ1v) is 8.75. The van der Waals surface area contributed by atoms with Gasteiger partial charge in [-0.05, 0) is 42.5 Å². The highest BCUT2D eigenvalue weighted by atomic mass is 16.3. The van der Waals surface area contributed by atoms with Crippen molar-refractivity contribution in [1.29, 1.82) is 0 Å². The topological polar surface area (TPSA) is 54.5 Å². The molecule has 27 heavy (non-hydrogen) atoms. The molecule has 0 unspecified atom stereocenters. The Morgan fingerprint density at radius 2 is 1.56 bits per heavy atom. The van der Waals surface area contributed by atoms with Crippen LogP contribution in [0.1, 0.15) is 0 Å². The fraction of sp³-hybridized carbons (Fsp3) is 0.238. The molecule has 0 amide bonds. The molecule has 0 fully saturated rings. The van der Waals surface area contributed by atoms with Crippen molar-refractivity contribution in [2.75, 3.05) is 38.0 Å². The summed E-state index contributed by atoms with van der Waals surface area (Å²) in [5, 5.41) is 0.876. The van der Waals surface area contributed by atoms with Crippen molar-refractivity contribution in [3.8, 4) is 11.5 Å². The molecule has 0 aliphatic carbocycles. The number of benzene rings is 2. The quantitative estimate of drug-likeness (QED) is 0.558. The summed E-state index contributed by atoms with van der Waals surface area (Å²) < 4.78 is 7.68. The molecule has 0 saturated carbocycles. The minimum Gasteiger partial charge on any atom is -0.435 e. The summed E-state index contributed by atoms with van der Waals surface area (Å²) in [4.78, 5) is 21.4. The first kappa shape index (κ1) is 17.1. The van der Waals surface area contributed by atoms with Gasteiger partial charge in [0.05, 0.1) is 5.52 Å². The minimum atomic E-state index is -0.159. The third-order valence-corrected chi connectivity index (χ3v) is 4.87. The van der Waals surface area contributed by atoms with E-state index in [0.717, 1.165) is 27.8 Å². The zero-order valence-electron chi connectivity index (χ0n) is 16.1. The van der Waals surface area contributed by atoms with Crippen LogP contribution < -0.4 is 15.4 Å². The van der Waals surface area contributed by atoms with Crippen LogP contribution in [0.5, 0.6) is 0 Å². The number of hydrogen-bond acceptors (Lipinski definition) is 5. The van der Waals surface area contributed by atoms with Crippen molar-refractivity contribution < 1.29 is 4.42 Å². The van der Waals surface area contributed by atoms with Gasteiger partial charge in [-0.15, -0.1) is 0 Å². The van der Waals surface area contributed by atoms with Crippen LogP contribution >= 0.6 is 0 Å². The van der Waals surface area contributed by atoms with Crippen LogP contribution in [0.15, 0.2) is 51.7 Å². The average Bonchev–Trinajstić information content (AvgIpc) is 3.11. The van der Waals surface area contributed by atoms with Crippen LogP contribution in [-0.4, -0.2) is 37.7 Å². The monoisotopic (exact) mass is 362 g/mol. The van der Waals surface area contributed by atoms with E-state index in [1.54, 1.807) is 11.6 Å². The van der Waals surface area contributed by atoms with Gasteiger partial charge < -0.3 is 18.8 Å². The number of fused-ring (bicyclic) bond motifs is 3. The lowest BCUT2D eigenvalue weighted by Gasteiger charge is -2.14. The van der Waals surface area contributed by atoms with Gasteiger partial charge in [0, 0.05) is 57.6 Å². The molecule has 0 N–H and O–H groups in total. The Morgan fingerprint density at radius 3 is 2.19 bits per heavy atom. The van der Waals surface area contributed by atoms with Gasteiger partial charge in [-0.2, -0.15) is 0 Å². The second-order valence-electron chi connectivity index (χ2n) is 7.10. The fourth-order valence-corrected chi connectivity index (χ4v) is 3.21. The second kappa shape index (κ2) is 6.16. The molecule has 2 aromatic carbocycles. The largest absolute Gasteiger partial charge is 0.435 e. The van der Waals surface area contributed by atoms with Gasteiger partial charge in [-0.1, -0.05) is 0 Å².